The molecule has 124 valence electrons. The van der Waals surface area contributed by atoms with Gasteiger partial charge in [0.1, 0.15) is 5.82 Å². The SMILES string of the molecule is Cc1cc(NC(=O)CNC(CCCO)c2ccccc2)n(C)n1. The molecule has 0 saturated carbocycles. The average Bonchev–Trinajstić information content (AvgIpc) is 2.85. The van der Waals surface area contributed by atoms with Crippen LogP contribution in [0, 0.1) is 6.92 Å². The Balaban J connectivity index is 1.92. The van der Waals surface area contributed by atoms with E-state index in [-0.39, 0.29) is 25.1 Å². The van der Waals surface area contributed by atoms with Gasteiger partial charge in [0, 0.05) is 25.8 Å². The molecule has 0 aliphatic rings. The third-order valence-electron chi connectivity index (χ3n) is 3.63. The van der Waals surface area contributed by atoms with E-state index in [1.165, 1.54) is 0 Å². The van der Waals surface area contributed by atoms with E-state index in [0.717, 1.165) is 17.7 Å². The Labute approximate surface area is 136 Å². The number of hydrogen-bond donors (Lipinski definition) is 3. The number of aromatic nitrogens is 2. The van der Waals surface area contributed by atoms with Crippen molar-refractivity contribution in [2.75, 3.05) is 18.5 Å². The van der Waals surface area contributed by atoms with E-state index in [4.69, 9.17) is 5.11 Å². The van der Waals surface area contributed by atoms with E-state index >= 15 is 0 Å². The summed E-state index contributed by atoms with van der Waals surface area (Å²) < 4.78 is 1.65. The van der Waals surface area contributed by atoms with Crippen LogP contribution in [0.4, 0.5) is 5.82 Å². The molecular formula is C17H24N4O2. The van der Waals surface area contributed by atoms with Crippen molar-refractivity contribution in [1.29, 1.82) is 0 Å². The molecule has 2 aromatic rings. The highest BCUT2D eigenvalue weighted by Crippen LogP contribution is 2.17. The van der Waals surface area contributed by atoms with Crippen LogP contribution in [-0.2, 0) is 11.8 Å². The first-order valence-corrected chi connectivity index (χ1v) is 7.80. The molecule has 1 aromatic carbocycles. The molecule has 23 heavy (non-hydrogen) atoms. The number of nitrogens with one attached hydrogen (secondary N) is 2. The maximum absolute atomic E-state index is 12.1. The van der Waals surface area contributed by atoms with E-state index in [1.54, 1.807) is 11.7 Å². The Hall–Kier alpha value is -2.18. The summed E-state index contributed by atoms with van der Waals surface area (Å²) in [6, 6.07) is 11.8. The van der Waals surface area contributed by atoms with Crippen molar-refractivity contribution in [3.05, 3.63) is 47.7 Å². The van der Waals surface area contributed by atoms with Crippen LogP contribution < -0.4 is 10.6 Å². The Morgan fingerprint density at radius 3 is 2.70 bits per heavy atom. The van der Waals surface area contributed by atoms with Crippen LogP contribution in [0.25, 0.3) is 0 Å². The van der Waals surface area contributed by atoms with Gasteiger partial charge in [-0.1, -0.05) is 30.3 Å². The second-order valence-corrected chi connectivity index (χ2v) is 5.55. The molecule has 0 bridgehead atoms. The quantitative estimate of drug-likeness (QED) is 0.693. The van der Waals surface area contributed by atoms with Gasteiger partial charge in [0.05, 0.1) is 12.2 Å². The van der Waals surface area contributed by atoms with Gasteiger partial charge in [0.15, 0.2) is 0 Å². The topological polar surface area (TPSA) is 79.2 Å². The third kappa shape index (κ3) is 5.19. The summed E-state index contributed by atoms with van der Waals surface area (Å²) in [5.41, 5.74) is 1.98. The van der Waals surface area contributed by atoms with Crippen LogP contribution in [0.1, 0.15) is 30.1 Å². The summed E-state index contributed by atoms with van der Waals surface area (Å²) in [5, 5.41) is 19.4. The lowest BCUT2D eigenvalue weighted by Crippen LogP contribution is -2.32. The minimum absolute atomic E-state index is 0.0439. The first-order chi connectivity index (χ1) is 11.1. The lowest BCUT2D eigenvalue weighted by Gasteiger charge is -2.18. The van der Waals surface area contributed by atoms with Gasteiger partial charge in [-0.3, -0.25) is 9.48 Å². The number of anilines is 1. The number of hydrogen-bond acceptors (Lipinski definition) is 4. The second kappa shape index (κ2) is 8.45. The molecule has 0 saturated heterocycles. The highest BCUT2D eigenvalue weighted by molar-refractivity contribution is 5.91. The molecule has 1 aromatic heterocycles. The number of aryl methyl sites for hydroxylation is 2. The summed E-state index contributed by atoms with van der Waals surface area (Å²) in [6.07, 6.45) is 1.47. The number of carbonyl (C=O) groups excluding carboxylic acids is 1. The van der Waals surface area contributed by atoms with Crippen molar-refractivity contribution >= 4 is 11.7 Å². The predicted molar refractivity (Wildman–Crippen MR) is 90.1 cm³/mol. The summed E-state index contributed by atoms with van der Waals surface area (Å²) >= 11 is 0. The van der Waals surface area contributed by atoms with Crippen molar-refractivity contribution < 1.29 is 9.90 Å². The molecule has 0 fully saturated rings. The lowest BCUT2D eigenvalue weighted by atomic mass is 10.0. The minimum atomic E-state index is -0.113. The minimum Gasteiger partial charge on any atom is -0.396 e. The van der Waals surface area contributed by atoms with Gasteiger partial charge in [-0.15, -0.1) is 0 Å². The standard InChI is InChI=1S/C17H24N4O2/c1-13-11-16(21(2)20-13)19-17(23)12-18-15(9-6-10-22)14-7-4-3-5-8-14/h3-5,7-8,11,15,18,22H,6,9-10,12H2,1-2H3,(H,19,23). The van der Waals surface area contributed by atoms with Gasteiger partial charge in [-0.2, -0.15) is 5.10 Å². The van der Waals surface area contributed by atoms with Crippen molar-refractivity contribution in [2.45, 2.75) is 25.8 Å². The molecule has 6 nitrogen and oxygen atoms in total. The maximum atomic E-state index is 12.1. The Morgan fingerprint density at radius 2 is 2.09 bits per heavy atom. The first-order valence-electron chi connectivity index (χ1n) is 7.80. The Bertz CT molecular complexity index is 625. The number of aliphatic hydroxyl groups is 1. The number of amides is 1. The van der Waals surface area contributed by atoms with Gasteiger partial charge in [-0.25, -0.2) is 0 Å². The number of rotatable bonds is 8. The molecule has 1 unspecified atom stereocenters. The summed E-state index contributed by atoms with van der Waals surface area (Å²) in [5.74, 6) is 0.568. The van der Waals surface area contributed by atoms with Crippen LogP contribution in [-0.4, -0.2) is 33.9 Å². The fourth-order valence-electron chi connectivity index (χ4n) is 2.50. The summed E-state index contributed by atoms with van der Waals surface area (Å²) in [7, 11) is 1.80. The van der Waals surface area contributed by atoms with E-state index < -0.39 is 0 Å². The maximum Gasteiger partial charge on any atom is 0.239 e. The van der Waals surface area contributed by atoms with Crippen LogP contribution in [0.2, 0.25) is 0 Å². The zero-order chi connectivity index (χ0) is 16.7. The smallest absolute Gasteiger partial charge is 0.239 e. The summed E-state index contributed by atoms with van der Waals surface area (Å²) in [4.78, 5) is 12.1. The molecule has 6 heteroatoms. The average molecular weight is 316 g/mol. The monoisotopic (exact) mass is 316 g/mol. The highest BCUT2D eigenvalue weighted by Gasteiger charge is 2.13. The lowest BCUT2D eigenvalue weighted by molar-refractivity contribution is -0.115. The van der Waals surface area contributed by atoms with Crippen LogP contribution in [0.15, 0.2) is 36.4 Å². The van der Waals surface area contributed by atoms with Gasteiger partial charge < -0.3 is 15.7 Å². The molecule has 3 N–H and O–H groups in total. The number of carbonyl (C=O) groups is 1. The van der Waals surface area contributed by atoms with E-state index in [0.29, 0.717) is 12.2 Å². The predicted octanol–water partition coefficient (Wildman–Crippen LogP) is 1.77. The van der Waals surface area contributed by atoms with Crippen molar-refractivity contribution in [2.24, 2.45) is 7.05 Å². The van der Waals surface area contributed by atoms with E-state index in [1.807, 2.05) is 43.3 Å². The van der Waals surface area contributed by atoms with Gasteiger partial charge in [0.25, 0.3) is 0 Å². The van der Waals surface area contributed by atoms with Crippen LogP contribution in [0.5, 0.6) is 0 Å². The van der Waals surface area contributed by atoms with E-state index in [9.17, 15) is 4.79 Å². The van der Waals surface area contributed by atoms with Gasteiger partial charge in [-0.05, 0) is 25.3 Å². The van der Waals surface area contributed by atoms with Crippen molar-refractivity contribution in [3.8, 4) is 0 Å². The highest BCUT2D eigenvalue weighted by atomic mass is 16.3. The number of benzene rings is 1. The zero-order valence-corrected chi connectivity index (χ0v) is 13.6. The molecule has 0 radical (unpaired) electrons. The second-order valence-electron chi connectivity index (χ2n) is 5.55. The van der Waals surface area contributed by atoms with E-state index in [2.05, 4.69) is 15.7 Å². The summed E-state index contributed by atoms with van der Waals surface area (Å²) in [6.45, 7) is 2.23. The number of aliphatic hydroxyl groups excluding tert-OH is 1. The third-order valence-corrected chi connectivity index (χ3v) is 3.63. The van der Waals surface area contributed by atoms with Crippen LogP contribution >= 0.6 is 0 Å². The molecule has 1 heterocycles. The molecule has 0 aliphatic heterocycles. The molecule has 1 amide bonds. The fourth-order valence-corrected chi connectivity index (χ4v) is 2.50. The number of nitrogens with zero attached hydrogens (tertiary/aromatic N) is 2. The largest absolute Gasteiger partial charge is 0.396 e. The Kier molecular flexibility index (Phi) is 6.31. The zero-order valence-electron chi connectivity index (χ0n) is 13.6. The molecule has 0 spiro atoms. The molecular weight excluding hydrogens is 292 g/mol. The van der Waals surface area contributed by atoms with Crippen LogP contribution in [0.3, 0.4) is 0 Å². The Morgan fingerprint density at radius 1 is 1.35 bits per heavy atom. The molecule has 0 aliphatic carbocycles. The molecule has 2 rings (SSSR count). The van der Waals surface area contributed by atoms with Crippen molar-refractivity contribution in [1.82, 2.24) is 15.1 Å². The first kappa shape index (κ1) is 17.2. The fraction of sp³-hybridized carbons (Fsp3) is 0.412. The normalized spacial score (nSPS) is 12.1. The van der Waals surface area contributed by atoms with Crippen molar-refractivity contribution in [3.63, 3.8) is 0 Å². The molecule has 1 atom stereocenters. The van der Waals surface area contributed by atoms with Gasteiger partial charge in [0.2, 0.25) is 5.91 Å². The van der Waals surface area contributed by atoms with Gasteiger partial charge >= 0.3 is 0 Å².